The Morgan fingerprint density at radius 3 is 2.71 bits per heavy atom. The third-order valence-electron chi connectivity index (χ3n) is 5.50. The van der Waals surface area contributed by atoms with Crippen LogP contribution in [0.2, 0.25) is 0 Å². The lowest BCUT2D eigenvalue weighted by atomic mass is 10.1. The van der Waals surface area contributed by atoms with Gasteiger partial charge in [-0.3, -0.25) is 9.98 Å². The van der Waals surface area contributed by atoms with Crippen LogP contribution in [0, 0.1) is 6.92 Å². The van der Waals surface area contributed by atoms with Crippen molar-refractivity contribution in [2.75, 3.05) is 23.8 Å². The van der Waals surface area contributed by atoms with E-state index < -0.39 is 11.7 Å². The monoisotopic (exact) mass is 463 g/mol. The first kappa shape index (κ1) is 23.2. The van der Waals surface area contributed by atoms with Crippen molar-refractivity contribution < 1.29 is 13.2 Å². The summed E-state index contributed by atoms with van der Waals surface area (Å²) in [6.45, 7) is 6.78. The molecule has 3 aromatic rings. The zero-order valence-corrected chi connectivity index (χ0v) is 18.9. The summed E-state index contributed by atoms with van der Waals surface area (Å²) in [5.74, 6) is 1.11. The molecule has 4 rings (SSSR count). The fourth-order valence-corrected chi connectivity index (χ4v) is 3.79. The molecule has 0 atom stereocenters. The van der Waals surface area contributed by atoms with Crippen LogP contribution in [-0.2, 0) is 6.18 Å². The number of benzene rings is 2. The lowest BCUT2D eigenvalue weighted by molar-refractivity contribution is -0.137. The Balaban J connectivity index is 1.71. The SMILES string of the molecule is C=C(Nc1cccc(C)c1/C=N\C)N1CCC=Nc2ccc(-c3cccc(C(F)(F)F)c3)nc21. The number of halogens is 3. The zero-order valence-electron chi connectivity index (χ0n) is 18.9. The third-order valence-corrected chi connectivity index (χ3v) is 5.50. The van der Waals surface area contributed by atoms with E-state index in [1.54, 1.807) is 37.7 Å². The Labute approximate surface area is 196 Å². The van der Waals surface area contributed by atoms with Gasteiger partial charge in [0.1, 0.15) is 11.5 Å². The normalized spacial score (nSPS) is 13.6. The van der Waals surface area contributed by atoms with Gasteiger partial charge in [-0.2, -0.15) is 13.2 Å². The molecule has 174 valence electrons. The second-order valence-corrected chi connectivity index (χ2v) is 7.86. The van der Waals surface area contributed by atoms with Crippen LogP contribution in [0.25, 0.3) is 11.3 Å². The van der Waals surface area contributed by atoms with Gasteiger partial charge in [0.25, 0.3) is 0 Å². The van der Waals surface area contributed by atoms with Crippen LogP contribution in [0.3, 0.4) is 0 Å². The second kappa shape index (κ2) is 9.51. The maximum atomic E-state index is 13.2. The van der Waals surface area contributed by atoms with Crippen LogP contribution in [0.5, 0.6) is 0 Å². The molecule has 0 unspecified atom stereocenters. The molecule has 0 bridgehead atoms. The molecular formula is C26H24F3N5. The van der Waals surface area contributed by atoms with Crippen LogP contribution >= 0.6 is 0 Å². The molecule has 0 saturated carbocycles. The number of nitrogens with zero attached hydrogens (tertiary/aromatic N) is 4. The molecule has 8 heteroatoms. The predicted molar refractivity (Wildman–Crippen MR) is 132 cm³/mol. The molecule has 1 aliphatic heterocycles. The summed E-state index contributed by atoms with van der Waals surface area (Å²) in [6, 6.07) is 14.5. The lowest BCUT2D eigenvalue weighted by Crippen LogP contribution is -2.28. The van der Waals surface area contributed by atoms with Crippen molar-refractivity contribution in [3.63, 3.8) is 0 Å². The topological polar surface area (TPSA) is 52.9 Å². The number of fused-ring (bicyclic) bond motifs is 1. The van der Waals surface area contributed by atoms with Gasteiger partial charge in [-0.15, -0.1) is 0 Å². The van der Waals surface area contributed by atoms with Crippen LogP contribution in [0.4, 0.5) is 30.4 Å². The largest absolute Gasteiger partial charge is 0.416 e. The number of hydrogen-bond donors (Lipinski definition) is 1. The summed E-state index contributed by atoms with van der Waals surface area (Å²) in [4.78, 5) is 15.2. The van der Waals surface area contributed by atoms with Crippen molar-refractivity contribution >= 4 is 29.6 Å². The number of aromatic nitrogens is 1. The van der Waals surface area contributed by atoms with Gasteiger partial charge in [0, 0.05) is 49.3 Å². The highest BCUT2D eigenvalue weighted by Crippen LogP contribution is 2.36. The van der Waals surface area contributed by atoms with Gasteiger partial charge >= 0.3 is 6.18 Å². The van der Waals surface area contributed by atoms with Gasteiger partial charge in [-0.25, -0.2) is 4.98 Å². The van der Waals surface area contributed by atoms with Gasteiger partial charge in [0.15, 0.2) is 5.82 Å². The molecule has 2 aromatic carbocycles. The van der Waals surface area contributed by atoms with Gasteiger partial charge < -0.3 is 10.2 Å². The van der Waals surface area contributed by atoms with Gasteiger partial charge in [0.2, 0.25) is 0 Å². The Hall–Kier alpha value is -3.94. The Kier molecular flexibility index (Phi) is 6.49. The highest BCUT2D eigenvalue weighted by Gasteiger charge is 2.30. The van der Waals surface area contributed by atoms with Crippen molar-refractivity contribution in [2.45, 2.75) is 19.5 Å². The van der Waals surface area contributed by atoms with Crippen molar-refractivity contribution in [1.29, 1.82) is 0 Å². The molecule has 1 aromatic heterocycles. The first-order valence-electron chi connectivity index (χ1n) is 10.7. The fraction of sp³-hybridized carbons (Fsp3) is 0.192. The van der Waals surface area contributed by atoms with Gasteiger partial charge in [-0.1, -0.05) is 30.8 Å². The van der Waals surface area contributed by atoms with Crippen LogP contribution in [-0.4, -0.2) is 31.0 Å². The molecule has 2 heterocycles. The average molecular weight is 464 g/mol. The Bertz CT molecular complexity index is 1280. The highest BCUT2D eigenvalue weighted by atomic mass is 19.4. The third kappa shape index (κ3) is 4.85. The average Bonchev–Trinajstić information content (AvgIpc) is 3.03. The summed E-state index contributed by atoms with van der Waals surface area (Å²) in [5, 5.41) is 3.36. The van der Waals surface area contributed by atoms with E-state index in [4.69, 9.17) is 4.98 Å². The standard InChI is InChI=1S/C26H24F3N5/c1-17-7-4-10-23(21(17)16-30-3)32-18(2)34-14-6-13-31-24-12-11-22(33-25(24)34)19-8-5-9-20(15-19)26(27,28)29/h4-5,7-13,15-16,32H,2,6,14H2,1,3H3/b30-16-. The minimum atomic E-state index is -4.43. The Morgan fingerprint density at radius 2 is 1.94 bits per heavy atom. The van der Waals surface area contributed by atoms with Crippen molar-refractivity contribution in [1.82, 2.24) is 4.98 Å². The first-order chi connectivity index (χ1) is 16.3. The molecule has 0 radical (unpaired) electrons. The number of anilines is 2. The van der Waals surface area contributed by atoms with Gasteiger partial charge in [-0.05, 0) is 42.8 Å². The van der Waals surface area contributed by atoms with Crippen LogP contribution < -0.4 is 10.2 Å². The Morgan fingerprint density at radius 1 is 1.15 bits per heavy atom. The minimum absolute atomic E-state index is 0.379. The van der Waals surface area contributed by atoms with Crippen LogP contribution in [0.15, 0.2) is 77.0 Å². The lowest BCUT2D eigenvalue weighted by Gasteiger charge is -2.27. The summed E-state index contributed by atoms with van der Waals surface area (Å²) in [7, 11) is 1.71. The van der Waals surface area contributed by atoms with E-state index in [-0.39, 0.29) is 0 Å². The number of hydrogen-bond acceptors (Lipinski definition) is 5. The molecule has 0 amide bonds. The first-order valence-corrected chi connectivity index (χ1v) is 10.7. The number of rotatable bonds is 5. The summed E-state index contributed by atoms with van der Waals surface area (Å²) in [5.41, 5.74) is 3.56. The zero-order chi connectivity index (χ0) is 24.3. The molecule has 1 N–H and O–H groups in total. The second-order valence-electron chi connectivity index (χ2n) is 7.86. The summed E-state index contributed by atoms with van der Waals surface area (Å²) < 4.78 is 39.7. The maximum absolute atomic E-state index is 13.2. The minimum Gasteiger partial charge on any atom is -0.342 e. The fourth-order valence-electron chi connectivity index (χ4n) is 3.79. The van der Waals surface area contributed by atoms with E-state index in [1.165, 1.54) is 6.07 Å². The van der Waals surface area contributed by atoms with E-state index in [0.717, 1.165) is 28.9 Å². The smallest absolute Gasteiger partial charge is 0.342 e. The van der Waals surface area contributed by atoms with E-state index in [1.807, 2.05) is 30.0 Å². The van der Waals surface area contributed by atoms with Crippen molar-refractivity contribution in [3.8, 4) is 11.3 Å². The van der Waals surface area contributed by atoms with E-state index in [0.29, 0.717) is 41.5 Å². The highest BCUT2D eigenvalue weighted by molar-refractivity contribution is 5.90. The van der Waals surface area contributed by atoms with E-state index in [2.05, 4.69) is 21.9 Å². The molecule has 34 heavy (non-hydrogen) atoms. The van der Waals surface area contributed by atoms with Gasteiger partial charge in [0.05, 0.1) is 11.3 Å². The molecule has 0 aliphatic carbocycles. The number of alkyl halides is 3. The maximum Gasteiger partial charge on any atom is 0.416 e. The summed E-state index contributed by atoms with van der Waals surface area (Å²) in [6.07, 6.45) is -0.176. The van der Waals surface area contributed by atoms with Crippen molar-refractivity contribution in [2.24, 2.45) is 9.98 Å². The number of aliphatic imine (C=N–C) groups is 2. The molecule has 0 spiro atoms. The van der Waals surface area contributed by atoms with E-state index in [9.17, 15) is 13.2 Å². The molecule has 0 saturated heterocycles. The summed E-state index contributed by atoms with van der Waals surface area (Å²) >= 11 is 0. The molecule has 0 fully saturated rings. The van der Waals surface area contributed by atoms with E-state index >= 15 is 0 Å². The number of pyridine rings is 1. The van der Waals surface area contributed by atoms with Crippen molar-refractivity contribution in [3.05, 3.63) is 83.7 Å². The quantitative estimate of drug-likeness (QED) is 0.433. The molecule has 5 nitrogen and oxygen atoms in total. The number of aryl methyl sites for hydroxylation is 1. The molecular weight excluding hydrogens is 439 g/mol. The predicted octanol–water partition coefficient (Wildman–Crippen LogP) is 6.62. The number of nitrogens with one attached hydrogen (secondary N) is 1. The molecule has 1 aliphatic rings. The van der Waals surface area contributed by atoms with Crippen LogP contribution in [0.1, 0.15) is 23.1 Å².